The van der Waals surface area contributed by atoms with Crippen molar-refractivity contribution in [3.8, 4) is 0 Å². The topological polar surface area (TPSA) is 48.4 Å². The minimum Gasteiger partial charge on any atom is -0.366 e. The summed E-state index contributed by atoms with van der Waals surface area (Å²) in [5.74, 6) is 1.89. The lowest BCUT2D eigenvalue weighted by atomic mass is 10.3. The van der Waals surface area contributed by atoms with Gasteiger partial charge in [-0.1, -0.05) is 0 Å². The summed E-state index contributed by atoms with van der Waals surface area (Å²) in [5.41, 5.74) is 1.11. The lowest BCUT2D eigenvalue weighted by Gasteiger charge is -2.32. The fourth-order valence-electron chi connectivity index (χ4n) is 2.60. The second kappa shape index (κ2) is 8.64. The highest BCUT2D eigenvalue weighted by atomic mass is 15.4. The molecule has 1 heterocycles. The maximum absolute atomic E-state index is 4.35. The Labute approximate surface area is 129 Å². The molecule has 1 aromatic heterocycles. The fourth-order valence-corrected chi connectivity index (χ4v) is 2.60. The van der Waals surface area contributed by atoms with Gasteiger partial charge in [0.2, 0.25) is 0 Å². The lowest BCUT2D eigenvalue weighted by molar-refractivity contribution is 0.739. The average Bonchev–Trinajstić information content (AvgIpc) is 2.52. The molecule has 0 atom stereocenters. The fraction of sp³-hybridized carbons (Fsp3) is 0.800. The Balaban J connectivity index is 3.46. The first-order valence-corrected chi connectivity index (χ1v) is 8.16. The van der Waals surface area contributed by atoms with Crippen LogP contribution in [0, 0.1) is 0 Å². The van der Waals surface area contributed by atoms with Crippen molar-refractivity contribution in [2.45, 2.75) is 41.5 Å². The highest BCUT2D eigenvalue weighted by Crippen LogP contribution is 2.34. The molecule has 0 radical (unpaired) electrons. The van der Waals surface area contributed by atoms with Crippen LogP contribution in [-0.2, 0) is 0 Å². The summed E-state index contributed by atoms with van der Waals surface area (Å²) in [7, 11) is 0. The van der Waals surface area contributed by atoms with Crippen LogP contribution >= 0.6 is 0 Å². The van der Waals surface area contributed by atoms with Crippen LogP contribution in [0.25, 0.3) is 0 Å². The average molecular weight is 294 g/mol. The van der Waals surface area contributed by atoms with E-state index in [1.807, 2.05) is 0 Å². The minimum absolute atomic E-state index is 0.918. The van der Waals surface area contributed by atoms with E-state index >= 15 is 0 Å². The maximum atomic E-state index is 4.35. The third-order valence-electron chi connectivity index (χ3n) is 3.91. The number of rotatable bonds is 9. The molecule has 0 saturated heterocycles. The molecule has 0 aliphatic rings. The van der Waals surface area contributed by atoms with Gasteiger partial charge < -0.3 is 14.7 Å². The van der Waals surface area contributed by atoms with Crippen LogP contribution in [0.1, 0.15) is 41.5 Å². The van der Waals surface area contributed by atoms with Gasteiger partial charge in [0.15, 0.2) is 11.6 Å². The summed E-state index contributed by atoms with van der Waals surface area (Å²) in [5, 5.41) is 12.7. The summed E-state index contributed by atoms with van der Waals surface area (Å²) in [6.45, 7) is 18.5. The summed E-state index contributed by atoms with van der Waals surface area (Å²) < 4.78 is 0. The second-order valence-electron chi connectivity index (χ2n) is 4.80. The summed E-state index contributed by atoms with van der Waals surface area (Å²) in [6.07, 6.45) is 0. The predicted molar refractivity (Wildman–Crippen MR) is 90.5 cm³/mol. The Bertz CT molecular complexity index is 380. The number of anilines is 3. The quantitative estimate of drug-likeness (QED) is 0.697. The molecule has 6 heteroatoms. The van der Waals surface area contributed by atoms with Crippen LogP contribution < -0.4 is 14.7 Å². The maximum Gasteiger partial charge on any atom is 0.180 e. The first-order valence-electron chi connectivity index (χ1n) is 8.16. The first kappa shape index (κ1) is 17.5. The Morgan fingerprint density at radius 2 is 0.905 bits per heavy atom. The highest BCUT2D eigenvalue weighted by molar-refractivity contribution is 5.79. The molecular weight excluding hydrogens is 264 g/mol. The molecule has 6 nitrogen and oxygen atoms in total. The predicted octanol–water partition coefficient (Wildman–Crippen LogP) is 2.41. The first-order chi connectivity index (χ1) is 10.2. The molecule has 1 rings (SSSR count). The van der Waals surface area contributed by atoms with E-state index < -0.39 is 0 Å². The van der Waals surface area contributed by atoms with E-state index in [1.54, 1.807) is 0 Å². The van der Waals surface area contributed by atoms with Crippen LogP contribution in [-0.4, -0.2) is 54.7 Å². The molecule has 0 aliphatic heterocycles. The van der Waals surface area contributed by atoms with Crippen molar-refractivity contribution in [2.24, 2.45) is 0 Å². The minimum atomic E-state index is 0.918. The van der Waals surface area contributed by atoms with Crippen molar-refractivity contribution in [2.75, 3.05) is 54.0 Å². The van der Waals surface area contributed by atoms with Crippen molar-refractivity contribution in [1.82, 2.24) is 15.4 Å². The molecule has 0 spiro atoms. The Hall–Kier alpha value is -1.59. The Kier molecular flexibility index (Phi) is 7.19. The standard InChI is InChI=1S/C15H30N6/c1-7-19(8-2)13-14(20(9-3)10-4)16-18-17-15(13)21(11-5)12-6/h7-12H2,1-6H3. The zero-order valence-corrected chi connectivity index (χ0v) is 14.4. The van der Waals surface area contributed by atoms with Crippen molar-refractivity contribution in [1.29, 1.82) is 0 Å². The zero-order valence-electron chi connectivity index (χ0n) is 14.4. The van der Waals surface area contributed by atoms with E-state index in [-0.39, 0.29) is 0 Å². The normalized spacial score (nSPS) is 10.6. The molecule has 0 saturated carbocycles. The molecule has 0 amide bonds. The van der Waals surface area contributed by atoms with Crippen LogP contribution in [0.5, 0.6) is 0 Å². The number of aromatic nitrogens is 3. The molecule has 21 heavy (non-hydrogen) atoms. The monoisotopic (exact) mass is 294 g/mol. The molecule has 0 aromatic carbocycles. The van der Waals surface area contributed by atoms with Gasteiger partial charge in [-0.15, -0.1) is 10.2 Å². The van der Waals surface area contributed by atoms with Crippen LogP contribution in [0.15, 0.2) is 0 Å². The molecule has 0 unspecified atom stereocenters. The van der Waals surface area contributed by atoms with Gasteiger partial charge in [-0.25, -0.2) is 0 Å². The summed E-state index contributed by atoms with van der Waals surface area (Å²) in [6, 6.07) is 0. The molecule has 0 fully saturated rings. The summed E-state index contributed by atoms with van der Waals surface area (Å²) in [4.78, 5) is 6.81. The van der Waals surface area contributed by atoms with E-state index in [2.05, 4.69) is 71.7 Å². The third kappa shape index (κ3) is 3.74. The van der Waals surface area contributed by atoms with Gasteiger partial charge in [-0.3, -0.25) is 0 Å². The third-order valence-corrected chi connectivity index (χ3v) is 3.91. The highest BCUT2D eigenvalue weighted by Gasteiger charge is 2.23. The SMILES string of the molecule is CCN(CC)c1nnnc(N(CC)CC)c1N(CC)CC. The number of hydrogen-bond donors (Lipinski definition) is 0. The van der Waals surface area contributed by atoms with Crippen LogP contribution in [0.3, 0.4) is 0 Å². The van der Waals surface area contributed by atoms with Crippen molar-refractivity contribution < 1.29 is 0 Å². The molecule has 0 N–H and O–H groups in total. The molecule has 1 aromatic rings. The number of hydrogen-bond acceptors (Lipinski definition) is 6. The van der Waals surface area contributed by atoms with Gasteiger partial charge in [0, 0.05) is 39.3 Å². The van der Waals surface area contributed by atoms with Gasteiger partial charge in [-0.05, 0) is 46.8 Å². The summed E-state index contributed by atoms with van der Waals surface area (Å²) >= 11 is 0. The van der Waals surface area contributed by atoms with E-state index in [9.17, 15) is 0 Å². The van der Waals surface area contributed by atoms with E-state index in [0.29, 0.717) is 0 Å². The zero-order chi connectivity index (χ0) is 15.8. The molecule has 0 bridgehead atoms. The second-order valence-corrected chi connectivity index (χ2v) is 4.80. The van der Waals surface area contributed by atoms with E-state index in [0.717, 1.165) is 56.6 Å². The van der Waals surface area contributed by atoms with Gasteiger partial charge in [0.25, 0.3) is 0 Å². The van der Waals surface area contributed by atoms with Crippen molar-refractivity contribution in [3.63, 3.8) is 0 Å². The molecule has 0 aliphatic carbocycles. The Morgan fingerprint density at radius 1 is 0.571 bits per heavy atom. The molecule has 120 valence electrons. The Morgan fingerprint density at radius 3 is 1.19 bits per heavy atom. The van der Waals surface area contributed by atoms with Crippen molar-refractivity contribution >= 4 is 17.3 Å². The van der Waals surface area contributed by atoms with E-state index in [1.165, 1.54) is 0 Å². The van der Waals surface area contributed by atoms with E-state index in [4.69, 9.17) is 0 Å². The molecular formula is C15H30N6. The van der Waals surface area contributed by atoms with Gasteiger partial charge >= 0.3 is 0 Å². The number of nitrogens with zero attached hydrogens (tertiary/aromatic N) is 6. The lowest BCUT2D eigenvalue weighted by Crippen LogP contribution is -2.33. The van der Waals surface area contributed by atoms with Crippen molar-refractivity contribution in [3.05, 3.63) is 0 Å². The van der Waals surface area contributed by atoms with Gasteiger partial charge in [0.05, 0.1) is 0 Å². The van der Waals surface area contributed by atoms with Crippen LogP contribution in [0.4, 0.5) is 17.3 Å². The largest absolute Gasteiger partial charge is 0.366 e. The van der Waals surface area contributed by atoms with Gasteiger partial charge in [-0.2, -0.15) is 0 Å². The van der Waals surface area contributed by atoms with Crippen LogP contribution in [0.2, 0.25) is 0 Å². The van der Waals surface area contributed by atoms with Gasteiger partial charge in [0.1, 0.15) is 5.69 Å². The smallest absolute Gasteiger partial charge is 0.180 e.